The van der Waals surface area contributed by atoms with Gasteiger partial charge in [0.15, 0.2) is 0 Å². The van der Waals surface area contributed by atoms with E-state index >= 15 is 0 Å². The normalized spacial score (nSPS) is 12.1. The number of hydrogen-bond donors (Lipinski definition) is 2. The van der Waals surface area contributed by atoms with Gasteiger partial charge in [0.1, 0.15) is 0 Å². The van der Waals surface area contributed by atoms with Crippen molar-refractivity contribution >= 4 is 21.7 Å². The maximum absolute atomic E-state index is 12.0. The Kier molecular flexibility index (Phi) is 5.02. The quantitative estimate of drug-likeness (QED) is 0.576. The van der Waals surface area contributed by atoms with E-state index in [9.17, 15) is 23.3 Å². The lowest BCUT2D eigenvalue weighted by atomic mass is 10.0. The topological polar surface area (TPSA) is 127 Å². The maximum Gasteiger partial charge on any atom is 0.305 e. The minimum absolute atomic E-state index is 0.129. The smallest absolute Gasteiger partial charge is 0.305 e. The van der Waals surface area contributed by atoms with Crippen molar-refractivity contribution in [1.82, 2.24) is 4.72 Å². The number of non-ortho nitro benzene ring substituents is 1. The second kappa shape index (κ2) is 6.19. The van der Waals surface area contributed by atoms with Gasteiger partial charge in [-0.25, -0.2) is 13.1 Å². The standard InChI is InChI=1S/C12H16N2O6S/c1-12(2,7-11(15)16)13-21(19,20)8-9-3-5-10(6-4-9)14(17)18/h3-6,13H,7-8H2,1-2H3,(H,15,16). The molecule has 2 N–H and O–H groups in total. The van der Waals surface area contributed by atoms with Crippen LogP contribution in [-0.2, 0) is 20.6 Å². The fraction of sp³-hybridized carbons (Fsp3) is 0.417. The van der Waals surface area contributed by atoms with Crippen LogP contribution in [0.3, 0.4) is 0 Å². The molecule has 1 aromatic carbocycles. The Bertz CT molecular complexity index is 636. The van der Waals surface area contributed by atoms with Crippen LogP contribution in [-0.4, -0.2) is 30.0 Å². The van der Waals surface area contributed by atoms with Gasteiger partial charge in [0.2, 0.25) is 10.0 Å². The van der Waals surface area contributed by atoms with Crippen LogP contribution >= 0.6 is 0 Å². The fourth-order valence-electron chi connectivity index (χ4n) is 1.80. The second-order valence-corrected chi connectivity index (χ2v) is 6.96. The van der Waals surface area contributed by atoms with Crippen LogP contribution in [0.1, 0.15) is 25.8 Å². The summed E-state index contributed by atoms with van der Waals surface area (Å²) in [5.41, 5.74) is -0.875. The predicted octanol–water partition coefficient (Wildman–Crippen LogP) is 1.27. The molecule has 0 aliphatic carbocycles. The summed E-state index contributed by atoms with van der Waals surface area (Å²) < 4.78 is 26.3. The van der Waals surface area contributed by atoms with Crippen molar-refractivity contribution in [1.29, 1.82) is 0 Å². The number of benzene rings is 1. The third-order valence-electron chi connectivity index (χ3n) is 2.53. The number of carboxylic acids is 1. The zero-order valence-electron chi connectivity index (χ0n) is 11.6. The summed E-state index contributed by atoms with van der Waals surface area (Å²) in [5.74, 6) is -1.49. The van der Waals surface area contributed by atoms with Gasteiger partial charge in [-0.2, -0.15) is 0 Å². The first-order chi connectivity index (χ1) is 9.51. The molecular formula is C12H16N2O6S. The predicted molar refractivity (Wildman–Crippen MR) is 75.2 cm³/mol. The average Bonchev–Trinajstić information content (AvgIpc) is 2.24. The van der Waals surface area contributed by atoms with Crippen molar-refractivity contribution in [3.63, 3.8) is 0 Å². The molecule has 0 heterocycles. The minimum atomic E-state index is -3.75. The minimum Gasteiger partial charge on any atom is -0.481 e. The second-order valence-electron chi connectivity index (χ2n) is 5.24. The van der Waals surface area contributed by atoms with E-state index in [1.165, 1.54) is 38.1 Å². The molecule has 9 heteroatoms. The molecule has 21 heavy (non-hydrogen) atoms. The number of nitro groups is 1. The molecule has 0 bridgehead atoms. The molecule has 0 aliphatic rings. The molecule has 0 unspecified atom stereocenters. The molecule has 0 aliphatic heterocycles. The number of hydrogen-bond acceptors (Lipinski definition) is 5. The summed E-state index contributed by atoms with van der Waals surface area (Å²) in [4.78, 5) is 20.6. The highest BCUT2D eigenvalue weighted by Gasteiger charge is 2.27. The van der Waals surface area contributed by atoms with E-state index in [-0.39, 0.29) is 17.9 Å². The third kappa shape index (κ3) is 5.88. The Morgan fingerprint density at radius 1 is 1.33 bits per heavy atom. The summed E-state index contributed by atoms with van der Waals surface area (Å²) in [6, 6.07) is 5.13. The van der Waals surface area contributed by atoms with Gasteiger partial charge in [-0.05, 0) is 19.4 Å². The van der Waals surface area contributed by atoms with E-state index < -0.39 is 26.5 Å². The van der Waals surface area contributed by atoms with Crippen LogP contribution in [0.5, 0.6) is 0 Å². The summed E-state index contributed by atoms with van der Waals surface area (Å²) in [7, 11) is -3.75. The first-order valence-electron chi connectivity index (χ1n) is 5.97. The first kappa shape index (κ1) is 17.1. The highest BCUT2D eigenvalue weighted by atomic mass is 32.2. The Balaban J connectivity index is 2.80. The number of nitrogens with one attached hydrogen (secondary N) is 1. The van der Waals surface area contributed by atoms with Crippen molar-refractivity contribution in [2.75, 3.05) is 0 Å². The molecule has 0 aromatic heterocycles. The van der Waals surface area contributed by atoms with Crippen molar-refractivity contribution in [2.24, 2.45) is 0 Å². The molecule has 0 saturated heterocycles. The van der Waals surface area contributed by atoms with Crippen molar-refractivity contribution in [2.45, 2.75) is 31.6 Å². The van der Waals surface area contributed by atoms with E-state index in [4.69, 9.17) is 5.11 Å². The largest absolute Gasteiger partial charge is 0.481 e. The summed E-state index contributed by atoms with van der Waals surface area (Å²) in [6.45, 7) is 2.93. The molecular weight excluding hydrogens is 300 g/mol. The molecule has 0 spiro atoms. The van der Waals surface area contributed by atoms with Crippen LogP contribution < -0.4 is 4.72 Å². The Hall–Kier alpha value is -2.00. The van der Waals surface area contributed by atoms with E-state index in [2.05, 4.69) is 4.72 Å². The van der Waals surface area contributed by atoms with Gasteiger partial charge in [-0.1, -0.05) is 12.1 Å². The lowest BCUT2D eigenvalue weighted by Gasteiger charge is -2.23. The molecule has 1 aromatic rings. The highest BCUT2D eigenvalue weighted by molar-refractivity contribution is 7.88. The van der Waals surface area contributed by atoms with Crippen LogP contribution in [0.2, 0.25) is 0 Å². The number of carboxylic acid groups (broad SMARTS) is 1. The molecule has 0 amide bonds. The average molecular weight is 316 g/mol. The summed E-state index contributed by atoms with van der Waals surface area (Å²) >= 11 is 0. The monoisotopic (exact) mass is 316 g/mol. The van der Waals surface area contributed by atoms with Gasteiger partial charge in [0.25, 0.3) is 5.69 Å². The number of carbonyl (C=O) groups is 1. The van der Waals surface area contributed by atoms with E-state index in [0.29, 0.717) is 5.56 Å². The molecule has 116 valence electrons. The van der Waals surface area contributed by atoms with Crippen LogP contribution in [0, 0.1) is 10.1 Å². The van der Waals surface area contributed by atoms with Crippen LogP contribution in [0.25, 0.3) is 0 Å². The molecule has 0 radical (unpaired) electrons. The Labute approximate surface area is 122 Å². The number of aliphatic carboxylic acids is 1. The van der Waals surface area contributed by atoms with E-state index in [1.54, 1.807) is 0 Å². The maximum atomic E-state index is 12.0. The van der Waals surface area contributed by atoms with Crippen LogP contribution in [0.4, 0.5) is 5.69 Å². The first-order valence-corrected chi connectivity index (χ1v) is 7.63. The SMILES string of the molecule is CC(C)(CC(=O)O)NS(=O)(=O)Cc1ccc([N+](=O)[O-])cc1. The van der Waals surface area contributed by atoms with Gasteiger partial charge in [0.05, 0.1) is 17.1 Å². The number of nitro benzene ring substituents is 1. The van der Waals surface area contributed by atoms with Crippen molar-refractivity contribution in [3.05, 3.63) is 39.9 Å². The van der Waals surface area contributed by atoms with Gasteiger partial charge >= 0.3 is 5.97 Å². The Morgan fingerprint density at radius 3 is 2.29 bits per heavy atom. The highest BCUT2D eigenvalue weighted by Crippen LogP contribution is 2.16. The number of nitrogens with zero attached hydrogens (tertiary/aromatic N) is 1. The van der Waals surface area contributed by atoms with Crippen molar-refractivity contribution in [3.8, 4) is 0 Å². The lowest BCUT2D eigenvalue weighted by molar-refractivity contribution is -0.384. The van der Waals surface area contributed by atoms with Crippen molar-refractivity contribution < 1.29 is 23.2 Å². The Morgan fingerprint density at radius 2 is 1.86 bits per heavy atom. The third-order valence-corrected chi connectivity index (χ3v) is 4.11. The summed E-state index contributed by atoms with van der Waals surface area (Å²) in [6.07, 6.45) is -0.355. The van der Waals surface area contributed by atoms with Gasteiger partial charge in [-0.3, -0.25) is 14.9 Å². The van der Waals surface area contributed by atoms with E-state index in [0.717, 1.165) is 0 Å². The van der Waals surface area contributed by atoms with Gasteiger partial charge < -0.3 is 5.11 Å². The van der Waals surface area contributed by atoms with E-state index in [1.807, 2.05) is 0 Å². The number of sulfonamides is 1. The molecule has 0 saturated carbocycles. The van der Waals surface area contributed by atoms with Crippen LogP contribution in [0.15, 0.2) is 24.3 Å². The lowest BCUT2D eigenvalue weighted by Crippen LogP contribution is -2.45. The number of rotatable bonds is 7. The molecule has 1 rings (SSSR count). The fourth-order valence-corrected chi connectivity index (χ4v) is 3.42. The summed E-state index contributed by atoms with van der Waals surface area (Å²) in [5, 5.41) is 19.2. The molecule has 8 nitrogen and oxygen atoms in total. The zero-order valence-corrected chi connectivity index (χ0v) is 12.4. The van der Waals surface area contributed by atoms with Gasteiger partial charge in [-0.15, -0.1) is 0 Å². The van der Waals surface area contributed by atoms with Gasteiger partial charge in [0, 0.05) is 17.7 Å². The molecule has 0 atom stereocenters. The zero-order chi connectivity index (χ0) is 16.3. The molecule has 0 fully saturated rings.